The monoisotopic (exact) mass is 353 g/mol. The zero-order valence-electron chi connectivity index (χ0n) is 9.25. The summed E-state index contributed by atoms with van der Waals surface area (Å²) in [5.41, 5.74) is 0.857. The molecular weight excluding hydrogens is 342 g/mol. The second-order valence-corrected chi connectivity index (χ2v) is 7.96. The fourth-order valence-electron chi connectivity index (χ4n) is 1.73. The van der Waals surface area contributed by atoms with Crippen LogP contribution in [-0.4, -0.2) is 35.5 Å². The minimum absolute atomic E-state index is 0.168. The molecule has 0 aliphatic carbocycles. The van der Waals surface area contributed by atoms with E-state index in [1.165, 1.54) is 0 Å². The molecule has 0 atom stereocenters. The largest absolute Gasteiger partial charge is 0.338 e. The highest BCUT2D eigenvalue weighted by molar-refractivity contribution is 9.11. The van der Waals surface area contributed by atoms with Gasteiger partial charge in [0.1, 0.15) is 0 Å². The average molecular weight is 355 g/mol. The number of thiophene rings is 1. The average Bonchev–Trinajstić information content (AvgIpc) is 2.61. The quantitative estimate of drug-likeness (QED) is 0.600. The summed E-state index contributed by atoms with van der Waals surface area (Å²) >= 11 is 12.5. The fourth-order valence-corrected chi connectivity index (χ4v) is 5.12. The number of fused-ring (bicyclic) bond motifs is 1. The molecule has 1 aliphatic heterocycles. The van der Waals surface area contributed by atoms with E-state index in [1.54, 1.807) is 23.1 Å². The van der Waals surface area contributed by atoms with Crippen molar-refractivity contribution in [2.75, 3.05) is 24.7 Å². The number of nitrogens with zero attached hydrogens (tertiary/aromatic N) is 1. The molecule has 1 amide bonds. The Bertz CT molecular complexity index is 410. The van der Waals surface area contributed by atoms with Gasteiger partial charge in [-0.05, 0) is 34.8 Å². The Morgan fingerprint density at radius 2 is 2.29 bits per heavy atom. The molecule has 0 N–H and O–H groups in total. The maximum absolute atomic E-state index is 12.3. The lowest BCUT2D eigenvalue weighted by Crippen LogP contribution is -2.32. The van der Waals surface area contributed by atoms with Crippen molar-refractivity contribution >= 4 is 56.5 Å². The highest BCUT2D eigenvalue weighted by Crippen LogP contribution is 2.37. The van der Waals surface area contributed by atoms with Crippen LogP contribution in [0.3, 0.4) is 0 Å². The van der Waals surface area contributed by atoms with E-state index >= 15 is 0 Å². The third-order valence-corrected chi connectivity index (χ3v) is 5.76. The van der Waals surface area contributed by atoms with Crippen molar-refractivity contribution in [3.05, 3.63) is 15.4 Å². The SMILES string of the molecule is O=C1c2cc(Br)sc2SCCN1CCCCCl. The molecule has 0 saturated carbocycles. The third-order valence-electron chi connectivity index (χ3n) is 2.59. The first-order valence-corrected chi connectivity index (χ1v) is 8.62. The van der Waals surface area contributed by atoms with E-state index in [4.69, 9.17) is 11.6 Å². The third kappa shape index (κ3) is 3.40. The van der Waals surface area contributed by atoms with Gasteiger partial charge >= 0.3 is 0 Å². The van der Waals surface area contributed by atoms with Crippen LogP contribution in [0.25, 0.3) is 0 Å². The van der Waals surface area contributed by atoms with Gasteiger partial charge in [0.05, 0.1) is 13.6 Å². The summed E-state index contributed by atoms with van der Waals surface area (Å²) in [4.78, 5) is 14.3. The molecule has 2 rings (SSSR count). The molecule has 94 valence electrons. The molecular formula is C11H13BrClNOS2. The summed E-state index contributed by atoms with van der Waals surface area (Å²) in [5, 5.41) is 0. The maximum Gasteiger partial charge on any atom is 0.255 e. The molecule has 0 spiro atoms. The van der Waals surface area contributed by atoms with Crippen molar-refractivity contribution in [3.8, 4) is 0 Å². The van der Waals surface area contributed by atoms with E-state index in [-0.39, 0.29) is 5.91 Å². The van der Waals surface area contributed by atoms with Crippen molar-refractivity contribution in [1.82, 2.24) is 4.90 Å². The maximum atomic E-state index is 12.3. The standard InChI is InChI=1S/C11H13BrClNOS2/c12-9-7-8-10(15)14(4-2-1-3-13)5-6-16-11(8)17-9/h7H,1-6H2. The van der Waals surface area contributed by atoms with Gasteiger partial charge in [0, 0.05) is 24.7 Å². The van der Waals surface area contributed by atoms with Crippen LogP contribution in [0, 0.1) is 0 Å². The second-order valence-electron chi connectivity index (χ2n) is 3.79. The summed E-state index contributed by atoms with van der Waals surface area (Å²) < 4.78 is 2.17. The van der Waals surface area contributed by atoms with Crippen LogP contribution in [0.1, 0.15) is 23.2 Å². The summed E-state index contributed by atoms with van der Waals surface area (Å²) in [7, 11) is 0. The molecule has 0 saturated heterocycles. The van der Waals surface area contributed by atoms with Crippen LogP contribution in [0.2, 0.25) is 0 Å². The molecule has 1 aliphatic rings. The number of alkyl halides is 1. The lowest BCUT2D eigenvalue weighted by molar-refractivity contribution is 0.0763. The fraction of sp³-hybridized carbons (Fsp3) is 0.545. The second kappa shape index (κ2) is 6.45. The van der Waals surface area contributed by atoms with Gasteiger partial charge in [-0.1, -0.05) is 0 Å². The van der Waals surface area contributed by atoms with Crippen molar-refractivity contribution in [2.45, 2.75) is 17.1 Å². The molecule has 2 heterocycles. The van der Waals surface area contributed by atoms with Gasteiger partial charge in [0.15, 0.2) is 0 Å². The van der Waals surface area contributed by atoms with Crippen LogP contribution in [0.15, 0.2) is 14.1 Å². The number of thioether (sulfide) groups is 1. The van der Waals surface area contributed by atoms with Gasteiger partial charge in [-0.2, -0.15) is 0 Å². The summed E-state index contributed by atoms with van der Waals surface area (Å²) in [5.74, 6) is 1.82. The predicted octanol–water partition coefficient (Wildman–Crippen LogP) is 4.08. The number of hydrogen-bond donors (Lipinski definition) is 0. The molecule has 1 aromatic rings. The molecule has 0 bridgehead atoms. The number of rotatable bonds is 4. The molecule has 0 unspecified atom stereocenters. The number of halogens is 2. The topological polar surface area (TPSA) is 20.3 Å². The number of carbonyl (C=O) groups excluding carboxylic acids is 1. The summed E-state index contributed by atoms with van der Waals surface area (Å²) in [6.45, 7) is 1.66. The summed E-state index contributed by atoms with van der Waals surface area (Å²) in [6.07, 6.45) is 1.96. The van der Waals surface area contributed by atoms with Gasteiger partial charge < -0.3 is 4.90 Å². The minimum atomic E-state index is 0.168. The number of amides is 1. The van der Waals surface area contributed by atoms with E-state index in [9.17, 15) is 4.79 Å². The van der Waals surface area contributed by atoms with Crippen molar-refractivity contribution in [3.63, 3.8) is 0 Å². The molecule has 0 aromatic carbocycles. The van der Waals surface area contributed by atoms with Crippen molar-refractivity contribution in [2.24, 2.45) is 0 Å². The Labute approximate surface area is 123 Å². The first kappa shape index (κ1) is 13.7. The smallest absolute Gasteiger partial charge is 0.255 e. The number of unbranched alkanes of at least 4 members (excludes halogenated alkanes) is 1. The number of carbonyl (C=O) groups is 1. The predicted molar refractivity (Wildman–Crippen MR) is 78.6 cm³/mol. The molecule has 0 fully saturated rings. The van der Waals surface area contributed by atoms with E-state index in [0.29, 0.717) is 5.88 Å². The minimum Gasteiger partial charge on any atom is -0.338 e. The highest BCUT2D eigenvalue weighted by Gasteiger charge is 2.24. The highest BCUT2D eigenvalue weighted by atomic mass is 79.9. The van der Waals surface area contributed by atoms with Crippen LogP contribution in [0.5, 0.6) is 0 Å². The van der Waals surface area contributed by atoms with Gasteiger partial charge in [-0.15, -0.1) is 34.7 Å². The Morgan fingerprint density at radius 3 is 3.06 bits per heavy atom. The van der Waals surface area contributed by atoms with Crippen LogP contribution < -0.4 is 0 Å². The van der Waals surface area contributed by atoms with E-state index in [2.05, 4.69) is 15.9 Å². The van der Waals surface area contributed by atoms with E-state index in [0.717, 1.165) is 45.2 Å². The zero-order valence-corrected chi connectivity index (χ0v) is 13.2. The van der Waals surface area contributed by atoms with E-state index < -0.39 is 0 Å². The molecule has 0 radical (unpaired) electrons. The lowest BCUT2D eigenvalue weighted by atomic mass is 10.2. The molecule has 17 heavy (non-hydrogen) atoms. The van der Waals surface area contributed by atoms with Crippen LogP contribution in [-0.2, 0) is 0 Å². The first-order valence-electron chi connectivity index (χ1n) is 5.49. The molecule has 6 heteroatoms. The van der Waals surface area contributed by atoms with Crippen molar-refractivity contribution < 1.29 is 4.79 Å². The molecule has 2 nitrogen and oxygen atoms in total. The van der Waals surface area contributed by atoms with Crippen LogP contribution in [0.4, 0.5) is 0 Å². The Kier molecular flexibility index (Phi) is 5.21. The van der Waals surface area contributed by atoms with Crippen molar-refractivity contribution in [1.29, 1.82) is 0 Å². The van der Waals surface area contributed by atoms with Gasteiger partial charge in [-0.25, -0.2) is 0 Å². The Morgan fingerprint density at radius 1 is 1.47 bits per heavy atom. The van der Waals surface area contributed by atoms with Gasteiger partial charge in [0.25, 0.3) is 5.91 Å². The zero-order chi connectivity index (χ0) is 12.3. The lowest BCUT2D eigenvalue weighted by Gasteiger charge is -2.19. The Balaban J connectivity index is 2.08. The van der Waals surface area contributed by atoms with E-state index in [1.807, 2.05) is 11.0 Å². The van der Waals surface area contributed by atoms with Crippen LogP contribution >= 0.6 is 50.6 Å². The Hall–Kier alpha value is 0.290. The van der Waals surface area contributed by atoms with Gasteiger partial charge in [0.2, 0.25) is 0 Å². The number of hydrogen-bond acceptors (Lipinski definition) is 3. The summed E-state index contributed by atoms with van der Waals surface area (Å²) in [6, 6.07) is 1.94. The normalized spacial score (nSPS) is 15.9. The first-order chi connectivity index (χ1) is 8.22. The molecule has 1 aromatic heterocycles. The van der Waals surface area contributed by atoms with Gasteiger partial charge in [-0.3, -0.25) is 4.79 Å².